The van der Waals surface area contributed by atoms with Crippen molar-refractivity contribution in [2.75, 3.05) is 17.7 Å². The number of nitrogens with zero attached hydrogens (tertiary/aromatic N) is 3. The summed E-state index contributed by atoms with van der Waals surface area (Å²) >= 11 is 1.14. The van der Waals surface area contributed by atoms with Gasteiger partial charge in [0.1, 0.15) is 17.4 Å². The Balaban J connectivity index is 1.60. The fourth-order valence-electron chi connectivity index (χ4n) is 3.30. The number of rotatable bonds is 9. The van der Waals surface area contributed by atoms with Crippen molar-refractivity contribution in [2.45, 2.75) is 18.5 Å². The second-order valence-corrected chi connectivity index (χ2v) is 8.24. The molecule has 4 aromatic rings. The van der Waals surface area contributed by atoms with Crippen LogP contribution < -0.4 is 21.3 Å². The van der Waals surface area contributed by atoms with Crippen molar-refractivity contribution in [1.82, 2.24) is 24.7 Å². The Morgan fingerprint density at radius 1 is 1.11 bits per heavy atom. The Morgan fingerprint density at radius 3 is 2.63 bits per heavy atom. The van der Waals surface area contributed by atoms with Crippen LogP contribution in [0.5, 0.6) is 5.75 Å². The van der Waals surface area contributed by atoms with Crippen LogP contribution in [0.15, 0.2) is 69.3 Å². The standard InChI is InChI=1S/C23H21FN6O4S/c1-2-34-18-8-6-17(7-9-18)30-19(11-16-12-20(31)27-22(33)26-16)28-29-23(30)35-13-21(32)25-15-5-3-4-14(24)10-15/h3-10,12H,2,11,13H2,1H3,(H,25,32)(H2,26,27,31,33). The average Bonchev–Trinajstić information content (AvgIpc) is 3.20. The average molecular weight is 497 g/mol. The van der Waals surface area contributed by atoms with Gasteiger partial charge in [-0.2, -0.15) is 0 Å². The molecule has 1 amide bonds. The van der Waals surface area contributed by atoms with Gasteiger partial charge >= 0.3 is 5.69 Å². The molecule has 0 aliphatic carbocycles. The number of amides is 1. The van der Waals surface area contributed by atoms with Crippen molar-refractivity contribution in [3.8, 4) is 11.4 Å². The van der Waals surface area contributed by atoms with Crippen LogP contribution in [-0.2, 0) is 11.2 Å². The fourth-order valence-corrected chi connectivity index (χ4v) is 4.07. The van der Waals surface area contributed by atoms with Crippen LogP contribution in [0.2, 0.25) is 0 Å². The number of hydrogen-bond acceptors (Lipinski definition) is 7. The maximum absolute atomic E-state index is 13.4. The molecule has 0 atom stereocenters. The van der Waals surface area contributed by atoms with E-state index in [0.717, 1.165) is 11.8 Å². The van der Waals surface area contributed by atoms with E-state index in [2.05, 4.69) is 25.5 Å². The van der Waals surface area contributed by atoms with E-state index in [1.165, 1.54) is 24.3 Å². The van der Waals surface area contributed by atoms with Gasteiger partial charge in [-0.25, -0.2) is 9.18 Å². The van der Waals surface area contributed by atoms with Gasteiger partial charge in [-0.15, -0.1) is 10.2 Å². The Kier molecular flexibility index (Phi) is 7.41. The molecule has 4 rings (SSSR count). The second-order valence-electron chi connectivity index (χ2n) is 7.30. The van der Waals surface area contributed by atoms with E-state index in [-0.39, 0.29) is 18.1 Å². The maximum Gasteiger partial charge on any atom is 0.325 e. The molecule has 0 unspecified atom stereocenters. The quantitative estimate of drug-likeness (QED) is 0.303. The van der Waals surface area contributed by atoms with E-state index in [4.69, 9.17) is 4.74 Å². The largest absolute Gasteiger partial charge is 0.494 e. The number of carbonyl (C=O) groups excluding carboxylic acids is 1. The number of hydrogen-bond donors (Lipinski definition) is 3. The Hall–Kier alpha value is -4.19. The summed E-state index contributed by atoms with van der Waals surface area (Å²) in [6, 6.07) is 14.1. The number of benzene rings is 2. The SMILES string of the molecule is CCOc1ccc(-n2c(Cc3cc(=O)[nH]c(=O)[nH]3)nnc2SCC(=O)Nc2cccc(F)c2)cc1. The van der Waals surface area contributed by atoms with Gasteiger partial charge < -0.3 is 15.0 Å². The number of anilines is 1. The van der Waals surface area contributed by atoms with Crippen LogP contribution in [-0.4, -0.2) is 43.0 Å². The first-order chi connectivity index (χ1) is 16.9. The third kappa shape index (κ3) is 6.23. The number of aromatic nitrogens is 5. The Labute approximate surface area is 202 Å². The van der Waals surface area contributed by atoms with Crippen molar-refractivity contribution >= 4 is 23.4 Å². The highest BCUT2D eigenvalue weighted by Gasteiger charge is 2.17. The Bertz CT molecular complexity index is 1420. The van der Waals surface area contributed by atoms with Crippen molar-refractivity contribution in [3.05, 3.63) is 92.8 Å². The van der Waals surface area contributed by atoms with Crippen molar-refractivity contribution in [2.24, 2.45) is 0 Å². The number of carbonyl (C=O) groups is 1. The molecule has 180 valence electrons. The van der Waals surface area contributed by atoms with Crippen molar-refractivity contribution in [1.29, 1.82) is 0 Å². The molecule has 35 heavy (non-hydrogen) atoms. The molecule has 0 radical (unpaired) electrons. The number of H-pyrrole nitrogens is 2. The lowest BCUT2D eigenvalue weighted by Gasteiger charge is -2.11. The molecule has 12 heteroatoms. The predicted molar refractivity (Wildman–Crippen MR) is 129 cm³/mol. The van der Waals surface area contributed by atoms with Crippen molar-refractivity contribution < 1.29 is 13.9 Å². The minimum Gasteiger partial charge on any atom is -0.494 e. The molecule has 2 heterocycles. The van der Waals surface area contributed by atoms with Gasteiger partial charge in [0.15, 0.2) is 5.16 Å². The molecule has 0 bridgehead atoms. The summed E-state index contributed by atoms with van der Waals surface area (Å²) in [4.78, 5) is 40.5. The number of aromatic amines is 2. The van der Waals surface area contributed by atoms with E-state index in [0.29, 0.717) is 40.4 Å². The lowest BCUT2D eigenvalue weighted by Crippen LogP contribution is -2.23. The van der Waals surface area contributed by atoms with Gasteiger partial charge in [-0.05, 0) is 49.4 Å². The summed E-state index contributed by atoms with van der Waals surface area (Å²) in [5.74, 6) is 0.334. The van der Waals surface area contributed by atoms with Crippen LogP contribution in [0.1, 0.15) is 18.4 Å². The van der Waals surface area contributed by atoms with E-state index in [1.807, 2.05) is 19.1 Å². The van der Waals surface area contributed by atoms with Gasteiger partial charge in [-0.3, -0.25) is 19.1 Å². The zero-order valence-corrected chi connectivity index (χ0v) is 19.4. The lowest BCUT2D eigenvalue weighted by molar-refractivity contribution is -0.113. The molecular weight excluding hydrogens is 475 g/mol. The molecule has 0 saturated heterocycles. The molecule has 2 aromatic carbocycles. The minimum absolute atomic E-state index is 0.00643. The molecule has 2 aromatic heterocycles. The van der Waals surface area contributed by atoms with Gasteiger partial charge in [0, 0.05) is 29.6 Å². The van der Waals surface area contributed by atoms with Gasteiger partial charge in [0.2, 0.25) is 5.91 Å². The molecule has 0 saturated carbocycles. The highest BCUT2D eigenvalue weighted by molar-refractivity contribution is 7.99. The van der Waals surface area contributed by atoms with Crippen LogP contribution in [0.4, 0.5) is 10.1 Å². The third-order valence-electron chi connectivity index (χ3n) is 4.71. The summed E-state index contributed by atoms with van der Waals surface area (Å²) < 4.78 is 20.6. The maximum atomic E-state index is 13.4. The monoisotopic (exact) mass is 496 g/mol. The first-order valence-electron chi connectivity index (χ1n) is 10.6. The zero-order valence-electron chi connectivity index (χ0n) is 18.6. The second kappa shape index (κ2) is 10.8. The molecule has 0 spiro atoms. The van der Waals surface area contributed by atoms with E-state index < -0.39 is 17.1 Å². The predicted octanol–water partition coefficient (Wildman–Crippen LogP) is 2.50. The molecule has 10 nitrogen and oxygen atoms in total. The smallest absolute Gasteiger partial charge is 0.325 e. The first-order valence-corrected chi connectivity index (χ1v) is 11.6. The molecule has 0 aliphatic rings. The van der Waals surface area contributed by atoms with Crippen LogP contribution >= 0.6 is 11.8 Å². The van der Waals surface area contributed by atoms with E-state index in [1.54, 1.807) is 22.8 Å². The number of thioether (sulfide) groups is 1. The zero-order chi connectivity index (χ0) is 24.8. The number of halogens is 1. The van der Waals surface area contributed by atoms with Crippen LogP contribution in [0, 0.1) is 5.82 Å². The summed E-state index contributed by atoms with van der Waals surface area (Å²) in [7, 11) is 0. The summed E-state index contributed by atoms with van der Waals surface area (Å²) in [5.41, 5.74) is 0.262. The molecule has 0 fully saturated rings. The normalized spacial score (nSPS) is 10.8. The molecule has 0 aliphatic heterocycles. The van der Waals surface area contributed by atoms with Crippen LogP contribution in [0.25, 0.3) is 5.69 Å². The van der Waals surface area contributed by atoms with E-state index >= 15 is 0 Å². The molecule has 3 N–H and O–H groups in total. The highest BCUT2D eigenvalue weighted by atomic mass is 32.2. The minimum atomic E-state index is -0.622. The van der Waals surface area contributed by atoms with Crippen molar-refractivity contribution in [3.63, 3.8) is 0 Å². The Morgan fingerprint density at radius 2 is 1.91 bits per heavy atom. The summed E-state index contributed by atoms with van der Waals surface area (Å²) in [5, 5.41) is 11.5. The fraction of sp³-hybridized carbons (Fsp3) is 0.174. The topological polar surface area (TPSA) is 135 Å². The van der Waals surface area contributed by atoms with Gasteiger partial charge in [0.25, 0.3) is 5.56 Å². The first kappa shape index (κ1) is 24.0. The number of nitrogens with one attached hydrogen (secondary N) is 3. The van der Waals surface area contributed by atoms with Gasteiger partial charge in [-0.1, -0.05) is 17.8 Å². The highest BCUT2D eigenvalue weighted by Crippen LogP contribution is 2.25. The third-order valence-corrected chi connectivity index (χ3v) is 5.64. The summed E-state index contributed by atoms with van der Waals surface area (Å²) in [6.07, 6.45) is 0.120. The molecular formula is C23H21FN6O4S. The summed E-state index contributed by atoms with van der Waals surface area (Å²) in [6.45, 7) is 2.41. The van der Waals surface area contributed by atoms with E-state index in [9.17, 15) is 18.8 Å². The van der Waals surface area contributed by atoms with Crippen LogP contribution in [0.3, 0.4) is 0 Å². The van der Waals surface area contributed by atoms with Gasteiger partial charge in [0.05, 0.1) is 12.4 Å². The lowest BCUT2D eigenvalue weighted by atomic mass is 10.2. The number of ether oxygens (including phenoxy) is 1.